The summed E-state index contributed by atoms with van der Waals surface area (Å²) in [4.78, 5) is 38.5. The summed E-state index contributed by atoms with van der Waals surface area (Å²) in [5.41, 5.74) is 0.417. The smallest absolute Gasteiger partial charge is 0.325 e. The highest BCUT2D eigenvalue weighted by atomic mass is 16.2. The Labute approximate surface area is 163 Å². The number of rotatable bonds is 5. The molecule has 1 fully saturated rings. The lowest BCUT2D eigenvalue weighted by Gasteiger charge is -2.25. The number of carbonyl (C=O) groups is 3. The number of nitrogens with one attached hydrogen (secondary N) is 2. The molecule has 0 saturated carbocycles. The average Bonchev–Trinajstić information content (AvgIpc) is 2.98. The van der Waals surface area contributed by atoms with E-state index in [0.29, 0.717) is 12.0 Å². The fourth-order valence-corrected chi connectivity index (χ4v) is 3.14. The maximum absolute atomic E-state index is 13.0. The minimum Gasteiger partial charge on any atom is -0.344 e. The summed E-state index contributed by atoms with van der Waals surface area (Å²) in [5.74, 6) is 4.92. The normalized spacial score (nSPS) is 18.2. The van der Waals surface area contributed by atoms with E-state index in [1.54, 1.807) is 12.1 Å². The molecular weight excluding hydrogens is 354 g/mol. The van der Waals surface area contributed by atoms with Gasteiger partial charge in [-0.1, -0.05) is 67.3 Å². The SMILES string of the molecule is CC[C@]1(c2ccccc2)NC(=O)N(CC(=O)NCC#Cc2ccccc2)C1=O. The van der Waals surface area contributed by atoms with Crippen LogP contribution >= 0.6 is 0 Å². The Morgan fingerprint density at radius 2 is 1.71 bits per heavy atom. The summed E-state index contributed by atoms with van der Waals surface area (Å²) in [6, 6.07) is 17.9. The summed E-state index contributed by atoms with van der Waals surface area (Å²) in [6.45, 7) is 1.62. The molecule has 0 unspecified atom stereocenters. The van der Waals surface area contributed by atoms with Crippen molar-refractivity contribution < 1.29 is 14.4 Å². The zero-order chi connectivity index (χ0) is 20.0. The van der Waals surface area contributed by atoms with E-state index in [2.05, 4.69) is 22.5 Å². The number of imide groups is 1. The highest BCUT2D eigenvalue weighted by molar-refractivity contribution is 6.09. The molecule has 1 aliphatic heterocycles. The van der Waals surface area contributed by atoms with Crippen LogP contribution in [0.3, 0.4) is 0 Å². The lowest BCUT2D eigenvalue weighted by molar-refractivity contribution is -0.135. The van der Waals surface area contributed by atoms with Crippen LogP contribution in [-0.2, 0) is 15.1 Å². The Morgan fingerprint density at radius 3 is 2.36 bits per heavy atom. The van der Waals surface area contributed by atoms with Crippen molar-refractivity contribution >= 4 is 17.8 Å². The zero-order valence-electron chi connectivity index (χ0n) is 15.6. The molecule has 1 saturated heterocycles. The van der Waals surface area contributed by atoms with Crippen LogP contribution in [0.25, 0.3) is 0 Å². The van der Waals surface area contributed by atoms with Crippen LogP contribution < -0.4 is 10.6 Å². The van der Waals surface area contributed by atoms with Crippen molar-refractivity contribution in [3.8, 4) is 11.8 Å². The molecule has 6 heteroatoms. The molecule has 0 bridgehead atoms. The molecule has 1 aliphatic rings. The monoisotopic (exact) mass is 375 g/mol. The number of hydrogen-bond acceptors (Lipinski definition) is 3. The Bertz CT molecular complexity index is 932. The third kappa shape index (κ3) is 3.89. The predicted octanol–water partition coefficient (Wildman–Crippen LogP) is 2.01. The standard InChI is InChI=1S/C22H21N3O3/c1-2-22(18-13-7-4-8-14-18)20(27)25(21(28)24-22)16-19(26)23-15-9-12-17-10-5-3-6-11-17/h3-8,10-11,13-14H,2,15-16H2,1H3,(H,23,26)(H,24,28)/t22-/m1/s1. The summed E-state index contributed by atoms with van der Waals surface area (Å²) in [6.07, 6.45) is 0.391. The number of carbonyl (C=O) groups excluding carboxylic acids is 3. The maximum atomic E-state index is 13.0. The molecular formula is C22H21N3O3. The number of amides is 4. The largest absolute Gasteiger partial charge is 0.344 e. The number of hydrogen-bond donors (Lipinski definition) is 2. The molecule has 4 amide bonds. The zero-order valence-corrected chi connectivity index (χ0v) is 15.6. The fourth-order valence-electron chi connectivity index (χ4n) is 3.14. The van der Waals surface area contributed by atoms with Crippen molar-refractivity contribution in [2.45, 2.75) is 18.9 Å². The van der Waals surface area contributed by atoms with Gasteiger partial charge in [0, 0.05) is 5.56 Å². The Balaban J connectivity index is 1.63. The second-order valence-corrected chi connectivity index (χ2v) is 6.39. The van der Waals surface area contributed by atoms with Gasteiger partial charge in [-0.3, -0.25) is 14.5 Å². The molecule has 142 valence electrons. The van der Waals surface area contributed by atoms with Gasteiger partial charge in [-0.15, -0.1) is 0 Å². The molecule has 0 aromatic heterocycles. The second-order valence-electron chi connectivity index (χ2n) is 6.39. The lowest BCUT2D eigenvalue weighted by Crippen LogP contribution is -2.44. The Kier molecular flexibility index (Phi) is 5.75. The van der Waals surface area contributed by atoms with E-state index in [1.807, 2.05) is 55.5 Å². The first kappa shape index (κ1) is 19.2. The van der Waals surface area contributed by atoms with Crippen LogP contribution in [0, 0.1) is 11.8 Å². The fraction of sp³-hybridized carbons (Fsp3) is 0.227. The van der Waals surface area contributed by atoms with Crippen molar-refractivity contribution in [3.05, 3.63) is 71.8 Å². The van der Waals surface area contributed by atoms with E-state index in [4.69, 9.17) is 0 Å². The highest BCUT2D eigenvalue weighted by Gasteiger charge is 2.51. The van der Waals surface area contributed by atoms with E-state index < -0.39 is 23.4 Å². The van der Waals surface area contributed by atoms with E-state index in [0.717, 1.165) is 10.5 Å². The first-order valence-electron chi connectivity index (χ1n) is 9.07. The van der Waals surface area contributed by atoms with Crippen LogP contribution in [0.4, 0.5) is 4.79 Å². The van der Waals surface area contributed by atoms with Crippen molar-refractivity contribution in [1.82, 2.24) is 15.5 Å². The molecule has 2 aromatic rings. The minimum absolute atomic E-state index is 0.134. The van der Waals surface area contributed by atoms with Crippen LogP contribution in [-0.4, -0.2) is 35.8 Å². The average molecular weight is 375 g/mol. The minimum atomic E-state index is -1.13. The van der Waals surface area contributed by atoms with E-state index >= 15 is 0 Å². The summed E-state index contributed by atoms with van der Waals surface area (Å²) in [5, 5.41) is 5.38. The summed E-state index contributed by atoms with van der Waals surface area (Å²) >= 11 is 0. The van der Waals surface area contributed by atoms with Gasteiger partial charge in [0.2, 0.25) is 5.91 Å². The van der Waals surface area contributed by atoms with Gasteiger partial charge in [0.25, 0.3) is 5.91 Å². The van der Waals surface area contributed by atoms with Crippen molar-refractivity contribution in [1.29, 1.82) is 0 Å². The molecule has 2 aromatic carbocycles. The van der Waals surface area contributed by atoms with Crippen LogP contribution in [0.2, 0.25) is 0 Å². The lowest BCUT2D eigenvalue weighted by atomic mass is 9.87. The second kappa shape index (κ2) is 8.40. The first-order chi connectivity index (χ1) is 13.6. The number of benzene rings is 2. The van der Waals surface area contributed by atoms with Crippen molar-refractivity contribution in [3.63, 3.8) is 0 Å². The molecule has 0 aliphatic carbocycles. The van der Waals surface area contributed by atoms with Gasteiger partial charge in [-0.05, 0) is 24.1 Å². The predicted molar refractivity (Wildman–Crippen MR) is 105 cm³/mol. The Morgan fingerprint density at radius 1 is 1.07 bits per heavy atom. The third-order valence-electron chi connectivity index (χ3n) is 4.65. The number of urea groups is 1. The van der Waals surface area contributed by atoms with E-state index in [-0.39, 0.29) is 13.1 Å². The van der Waals surface area contributed by atoms with Crippen LogP contribution in [0.15, 0.2) is 60.7 Å². The first-order valence-corrected chi connectivity index (χ1v) is 9.07. The van der Waals surface area contributed by atoms with Gasteiger partial charge in [0.1, 0.15) is 12.1 Å². The van der Waals surface area contributed by atoms with E-state index in [1.165, 1.54) is 0 Å². The molecule has 6 nitrogen and oxygen atoms in total. The maximum Gasteiger partial charge on any atom is 0.325 e. The van der Waals surface area contributed by atoms with Gasteiger partial charge in [-0.25, -0.2) is 4.79 Å². The van der Waals surface area contributed by atoms with E-state index in [9.17, 15) is 14.4 Å². The van der Waals surface area contributed by atoms with Crippen molar-refractivity contribution in [2.75, 3.05) is 13.1 Å². The molecule has 3 rings (SSSR count). The third-order valence-corrected chi connectivity index (χ3v) is 4.65. The van der Waals surface area contributed by atoms with Gasteiger partial charge in [0.05, 0.1) is 6.54 Å². The van der Waals surface area contributed by atoms with Crippen molar-refractivity contribution in [2.24, 2.45) is 0 Å². The quantitative estimate of drug-likeness (QED) is 0.620. The number of nitrogens with zero attached hydrogens (tertiary/aromatic N) is 1. The van der Waals surface area contributed by atoms with Gasteiger partial charge in [0.15, 0.2) is 0 Å². The molecule has 2 N–H and O–H groups in total. The van der Waals surface area contributed by atoms with Crippen LogP contribution in [0.1, 0.15) is 24.5 Å². The highest BCUT2D eigenvalue weighted by Crippen LogP contribution is 2.32. The van der Waals surface area contributed by atoms with Gasteiger partial charge < -0.3 is 10.6 Å². The topological polar surface area (TPSA) is 78.5 Å². The van der Waals surface area contributed by atoms with Gasteiger partial charge in [-0.2, -0.15) is 0 Å². The molecule has 1 atom stereocenters. The summed E-state index contributed by atoms with van der Waals surface area (Å²) < 4.78 is 0. The Hall–Kier alpha value is -3.59. The molecule has 1 heterocycles. The summed E-state index contributed by atoms with van der Waals surface area (Å²) in [7, 11) is 0. The molecule has 0 radical (unpaired) electrons. The van der Waals surface area contributed by atoms with Crippen LogP contribution in [0.5, 0.6) is 0 Å². The molecule has 0 spiro atoms. The van der Waals surface area contributed by atoms with Gasteiger partial charge >= 0.3 is 6.03 Å². The molecule has 28 heavy (non-hydrogen) atoms.